The Morgan fingerprint density at radius 2 is 1.95 bits per heavy atom. The summed E-state index contributed by atoms with van der Waals surface area (Å²) in [5.74, 6) is 2.06. The van der Waals surface area contributed by atoms with E-state index in [0.717, 1.165) is 41.2 Å². The van der Waals surface area contributed by atoms with Gasteiger partial charge in [0.2, 0.25) is 5.95 Å². The highest BCUT2D eigenvalue weighted by Crippen LogP contribution is 2.26. The average molecular weight is 300 g/mol. The maximum absolute atomic E-state index is 4.64. The molecule has 2 aromatic heterocycles. The van der Waals surface area contributed by atoms with Gasteiger partial charge in [0, 0.05) is 31.9 Å². The number of fused-ring (bicyclic) bond motifs is 1. The van der Waals surface area contributed by atoms with Crippen molar-refractivity contribution in [3.63, 3.8) is 0 Å². The molecule has 1 aliphatic rings. The van der Waals surface area contributed by atoms with Crippen molar-refractivity contribution < 1.29 is 0 Å². The van der Waals surface area contributed by atoms with Crippen molar-refractivity contribution in [3.8, 4) is 0 Å². The molecule has 3 heterocycles. The Kier molecular flexibility index (Phi) is 3.87. The van der Waals surface area contributed by atoms with E-state index < -0.39 is 0 Å². The van der Waals surface area contributed by atoms with Crippen LogP contribution in [-0.4, -0.2) is 53.1 Å². The molecule has 6 heteroatoms. The summed E-state index contributed by atoms with van der Waals surface area (Å²) in [5.41, 5.74) is 2.87. The minimum atomic E-state index is 0.373. The number of nitrogens with zero attached hydrogens (tertiary/aromatic N) is 4. The van der Waals surface area contributed by atoms with Crippen LogP contribution in [-0.2, 0) is 0 Å². The lowest BCUT2D eigenvalue weighted by Gasteiger charge is -2.18. The molecule has 2 aromatic rings. The van der Waals surface area contributed by atoms with Crippen LogP contribution in [0.2, 0.25) is 0 Å². The highest BCUT2D eigenvalue weighted by molar-refractivity contribution is 5.90. The monoisotopic (exact) mass is 300 g/mol. The van der Waals surface area contributed by atoms with Gasteiger partial charge in [-0.2, -0.15) is 9.97 Å². The molecule has 3 rings (SSSR count). The lowest BCUT2D eigenvalue weighted by molar-refractivity contribution is 0.401. The fraction of sp³-hybridized carbons (Fsp3) is 0.562. The van der Waals surface area contributed by atoms with Crippen LogP contribution in [0.25, 0.3) is 11.0 Å². The van der Waals surface area contributed by atoms with Gasteiger partial charge in [-0.25, -0.2) is 4.98 Å². The number of aromatic nitrogens is 3. The van der Waals surface area contributed by atoms with Crippen molar-refractivity contribution >= 4 is 22.8 Å². The van der Waals surface area contributed by atoms with Gasteiger partial charge in [0.25, 0.3) is 0 Å². The van der Waals surface area contributed by atoms with Crippen molar-refractivity contribution in [1.82, 2.24) is 19.9 Å². The van der Waals surface area contributed by atoms with Crippen LogP contribution in [0.5, 0.6) is 0 Å². The molecule has 2 N–H and O–H groups in total. The molecule has 0 spiro atoms. The van der Waals surface area contributed by atoms with Gasteiger partial charge in [0.15, 0.2) is 5.65 Å². The van der Waals surface area contributed by atoms with E-state index in [1.54, 1.807) is 0 Å². The molecule has 0 aromatic carbocycles. The molecule has 1 saturated heterocycles. The van der Waals surface area contributed by atoms with E-state index in [2.05, 4.69) is 57.4 Å². The van der Waals surface area contributed by atoms with Crippen molar-refractivity contribution in [3.05, 3.63) is 17.3 Å². The molecule has 1 aliphatic heterocycles. The predicted octanol–water partition coefficient (Wildman–Crippen LogP) is 2.05. The van der Waals surface area contributed by atoms with Crippen LogP contribution in [0.3, 0.4) is 0 Å². The third-order valence-electron chi connectivity index (χ3n) is 4.34. The second-order valence-corrected chi connectivity index (χ2v) is 6.37. The third kappa shape index (κ3) is 2.70. The number of hydrogen-bond donors (Lipinski definition) is 2. The van der Waals surface area contributed by atoms with Crippen LogP contribution < -0.4 is 10.6 Å². The summed E-state index contributed by atoms with van der Waals surface area (Å²) < 4.78 is 0. The average Bonchev–Trinajstić information content (AvgIpc) is 2.75. The maximum Gasteiger partial charge on any atom is 0.227 e. The number of anilines is 2. The van der Waals surface area contributed by atoms with E-state index in [0.29, 0.717) is 17.9 Å². The Labute approximate surface area is 131 Å². The van der Waals surface area contributed by atoms with Crippen LogP contribution >= 0.6 is 0 Å². The summed E-state index contributed by atoms with van der Waals surface area (Å²) >= 11 is 0. The number of nitrogens with one attached hydrogen (secondary N) is 2. The van der Waals surface area contributed by atoms with Gasteiger partial charge in [-0.05, 0) is 38.4 Å². The van der Waals surface area contributed by atoms with E-state index in [1.807, 2.05) is 14.0 Å². The zero-order valence-electron chi connectivity index (χ0n) is 13.9. The Morgan fingerprint density at radius 1 is 1.18 bits per heavy atom. The Hall–Kier alpha value is -1.95. The van der Waals surface area contributed by atoms with Gasteiger partial charge in [0.05, 0.1) is 5.39 Å². The van der Waals surface area contributed by atoms with E-state index in [9.17, 15) is 0 Å². The van der Waals surface area contributed by atoms with E-state index in [1.165, 1.54) is 0 Å². The lowest BCUT2D eigenvalue weighted by Crippen LogP contribution is -2.28. The molecule has 22 heavy (non-hydrogen) atoms. The summed E-state index contributed by atoms with van der Waals surface area (Å²) in [6.45, 7) is 8.43. The van der Waals surface area contributed by atoms with E-state index >= 15 is 0 Å². The van der Waals surface area contributed by atoms with Gasteiger partial charge in [-0.15, -0.1) is 0 Å². The molecule has 0 amide bonds. The quantitative estimate of drug-likeness (QED) is 0.904. The molecule has 0 aliphatic carbocycles. The molecule has 0 radical (unpaired) electrons. The minimum absolute atomic E-state index is 0.373. The molecule has 118 valence electrons. The number of pyridine rings is 1. The zero-order valence-corrected chi connectivity index (χ0v) is 13.9. The summed E-state index contributed by atoms with van der Waals surface area (Å²) in [7, 11) is 4.03. The summed E-state index contributed by atoms with van der Waals surface area (Å²) in [6.07, 6.45) is 0. The van der Waals surface area contributed by atoms with E-state index in [-0.39, 0.29) is 0 Å². The summed E-state index contributed by atoms with van der Waals surface area (Å²) in [4.78, 5) is 16.2. The highest BCUT2D eigenvalue weighted by atomic mass is 15.2. The molecule has 0 bridgehead atoms. The van der Waals surface area contributed by atoms with Crippen molar-refractivity contribution in [2.24, 2.45) is 5.92 Å². The molecule has 0 saturated carbocycles. The van der Waals surface area contributed by atoms with Crippen molar-refractivity contribution in [1.29, 1.82) is 0 Å². The molecule has 0 unspecified atom stereocenters. The van der Waals surface area contributed by atoms with Crippen LogP contribution in [0.1, 0.15) is 18.2 Å². The van der Waals surface area contributed by atoms with Crippen molar-refractivity contribution in [2.75, 3.05) is 37.8 Å². The molecule has 1 fully saturated rings. The number of likely N-dealkylation sites (N-methyl/N-ethyl adjacent to an activating group) is 1. The maximum atomic E-state index is 4.64. The second-order valence-electron chi connectivity index (χ2n) is 6.37. The molecular weight excluding hydrogens is 276 g/mol. The van der Waals surface area contributed by atoms with Gasteiger partial charge >= 0.3 is 0 Å². The van der Waals surface area contributed by atoms with E-state index in [4.69, 9.17) is 0 Å². The Bertz CT molecular complexity index is 699. The standard InChI is InChI=1S/C16H24N6/c1-9-6-11(3)18-15-13(9)14(17-4)20-16(21-15)19-12-8-22(5)7-10(12)2/h6,10,12H,7-8H2,1-5H3,(H2,17,18,19,20,21)/t10-,12+/m0/s1. The predicted molar refractivity (Wildman–Crippen MR) is 90.4 cm³/mol. The zero-order chi connectivity index (χ0) is 15.9. The van der Waals surface area contributed by atoms with Crippen LogP contribution in [0, 0.1) is 19.8 Å². The fourth-order valence-electron chi connectivity index (χ4n) is 3.29. The lowest BCUT2D eigenvalue weighted by atomic mass is 10.1. The van der Waals surface area contributed by atoms with Gasteiger partial charge < -0.3 is 15.5 Å². The largest absolute Gasteiger partial charge is 0.372 e. The normalized spacial score (nSPS) is 22.2. The third-order valence-corrected chi connectivity index (χ3v) is 4.34. The summed E-state index contributed by atoms with van der Waals surface area (Å²) in [6, 6.07) is 2.44. The fourth-order valence-corrected chi connectivity index (χ4v) is 3.29. The van der Waals surface area contributed by atoms with Crippen molar-refractivity contribution in [2.45, 2.75) is 26.8 Å². The molecular formula is C16H24N6. The first-order valence-corrected chi connectivity index (χ1v) is 7.76. The SMILES string of the molecule is CNc1nc(N[C@@H]2CN(C)C[C@@H]2C)nc2nc(C)cc(C)c12. The number of aryl methyl sites for hydroxylation is 2. The van der Waals surface area contributed by atoms with Crippen LogP contribution in [0.4, 0.5) is 11.8 Å². The Morgan fingerprint density at radius 3 is 2.59 bits per heavy atom. The van der Waals surface area contributed by atoms with Gasteiger partial charge in [0.1, 0.15) is 5.82 Å². The smallest absolute Gasteiger partial charge is 0.227 e. The summed E-state index contributed by atoms with van der Waals surface area (Å²) in [5, 5.41) is 7.65. The number of likely N-dealkylation sites (tertiary alicyclic amines) is 1. The first-order chi connectivity index (χ1) is 10.5. The number of hydrogen-bond acceptors (Lipinski definition) is 6. The topological polar surface area (TPSA) is 66.0 Å². The number of rotatable bonds is 3. The first kappa shape index (κ1) is 15.0. The first-order valence-electron chi connectivity index (χ1n) is 7.76. The highest BCUT2D eigenvalue weighted by Gasteiger charge is 2.28. The van der Waals surface area contributed by atoms with Gasteiger partial charge in [-0.1, -0.05) is 6.92 Å². The Balaban J connectivity index is 2.00. The molecule has 2 atom stereocenters. The van der Waals surface area contributed by atoms with Crippen LogP contribution in [0.15, 0.2) is 6.07 Å². The van der Waals surface area contributed by atoms with Gasteiger partial charge in [-0.3, -0.25) is 0 Å². The minimum Gasteiger partial charge on any atom is -0.372 e. The second kappa shape index (κ2) is 5.68. The molecule has 6 nitrogen and oxygen atoms in total.